The molecule has 2 rings (SSSR count). The van der Waals surface area contributed by atoms with Crippen molar-refractivity contribution in [3.8, 4) is 0 Å². The third-order valence-electron chi connectivity index (χ3n) is 4.61. The van der Waals surface area contributed by atoms with E-state index in [4.69, 9.17) is 0 Å². The van der Waals surface area contributed by atoms with Crippen LogP contribution >= 0.6 is 0 Å². The second-order valence-electron chi connectivity index (χ2n) is 8.82. The first-order valence-electron chi connectivity index (χ1n) is 8.73. The minimum Gasteiger partial charge on any atom is -0.391 e. The molecular weight excluding hydrogens is 304 g/mol. The summed E-state index contributed by atoms with van der Waals surface area (Å²) in [5.74, 6) is 0.0431. The van der Waals surface area contributed by atoms with Crippen molar-refractivity contribution in [3.05, 3.63) is 18.0 Å². The molecule has 1 aromatic rings. The molecule has 24 heavy (non-hydrogen) atoms. The summed E-state index contributed by atoms with van der Waals surface area (Å²) in [6.07, 6.45) is 3.13. The Kier molecular flexibility index (Phi) is 5.40. The zero-order valence-corrected chi connectivity index (χ0v) is 15.9. The fourth-order valence-corrected chi connectivity index (χ4v) is 2.63. The smallest absolute Gasteiger partial charge is 0.257 e. The van der Waals surface area contributed by atoms with Gasteiger partial charge in [0.15, 0.2) is 0 Å². The van der Waals surface area contributed by atoms with E-state index in [9.17, 15) is 9.90 Å². The van der Waals surface area contributed by atoms with E-state index in [0.717, 1.165) is 13.1 Å². The highest BCUT2D eigenvalue weighted by molar-refractivity contribution is 5.93. The molecule has 1 atom stereocenters. The van der Waals surface area contributed by atoms with Crippen LogP contribution in [0.5, 0.6) is 0 Å². The molecule has 1 aromatic heterocycles. The van der Waals surface area contributed by atoms with Crippen LogP contribution in [0.15, 0.2) is 12.4 Å². The first-order valence-corrected chi connectivity index (χ1v) is 8.73. The maximum atomic E-state index is 12.6. The predicted octanol–water partition coefficient (Wildman–Crippen LogP) is 1.80. The molecule has 2 heterocycles. The van der Waals surface area contributed by atoms with Gasteiger partial charge in [0.2, 0.25) is 0 Å². The number of carbonyl (C=O) groups is 1. The molecule has 6 heteroatoms. The Balaban J connectivity index is 1.90. The molecule has 0 bridgehead atoms. The van der Waals surface area contributed by atoms with Crippen LogP contribution in [0.1, 0.15) is 51.9 Å². The predicted molar refractivity (Wildman–Crippen MR) is 95.0 cm³/mol. The lowest BCUT2D eigenvalue weighted by Gasteiger charge is -2.37. The van der Waals surface area contributed by atoms with Crippen molar-refractivity contribution >= 4 is 5.91 Å². The van der Waals surface area contributed by atoms with Gasteiger partial charge in [0.1, 0.15) is 0 Å². The van der Waals surface area contributed by atoms with Gasteiger partial charge in [-0.05, 0) is 26.2 Å². The standard InChI is InChI=1S/C18H32N4O2/c1-17(2,3)15(23)13-20-7-9-21(10-8-20)16(24)14-11-19-22(12-14)18(4,5)6/h11-12,15,23H,7-10,13H2,1-6H3. The van der Waals surface area contributed by atoms with Crippen LogP contribution in [-0.4, -0.2) is 69.4 Å². The second-order valence-corrected chi connectivity index (χ2v) is 8.82. The number of rotatable bonds is 3. The average Bonchev–Trinajstić information content (AvgIpc) is 2.96. The Bertz CT molecular complexity index is 560. The maximum absolute atomic E-state index is 12.6. The monoisotopic (exact) mass is 336 g/mol. The summed E-state index contributed by atoms with van der Waals surface area (Å²) in [6.45, 7) is 16.0. The lowest BCUT2D eigenvalue weighted by atomic mass is 9.89. The summed E-state index contributed by atoms with van der Waals surface area (Å²) in [5.41, 5.74) is 0.405. The number of β-amino-alcohol motifs (C(OH)–C–C–N with tert-alkyl or cyclic N) is 1. The van der Waals surface area contributed by atoms with Gasteiger partial charge in [-0.15, -0.1) is 0 Å². The van der Waals surface area contributed by atoms with Crippen LogP contribution in [0.3, 0.4) is 0 Å². The third-order valence-corrected chi connectivity index (χ3v) is 4.61. The molecule has 0 aliphatic carbocycles. The van der Waals surface area contributed by atoms with Crippen molar-refractivity contribution < 1.29 is 9.90 Å². The molecule has 1 amide bonds. The summed E-state index contributed by atoms with van der Waals surface area (Å²) in [5, 5.41) is 14.5. The average molecular weight is 336 g/mol. The van der Waals surface area contributed by atoms with E-state index in [1.165, 1.54) is 0 Å². The minimum atomic E-state index is -0.357. The molecule has 0 saturated carbocycles. The lowest BCUT2D eigenvalue weighted by Crippen LogP contribution is -2.51. The van der Waals surface area contributed by atoms with Crippen LogP contribution in [0.4, 0.5) is 0 Å². The van der Waals surface area contributed by atoms with Crippen LogP contribution in [0.2, 0.25) is 0 Å². The quantitative estimate of drug-likeness (QED) is 0.914. The second kappa shape index (κ2) is 6.84. The highest BCUT2D eigenvalue weighted by atomic mass is 16.3. The summed E-state index contributed by atoms with van der Waals surface area (Å²) >= 11 is 0. The van der Waals surface area contributed by atoms with Gasteiger partial charge in [-0.3, -0.25) is 14.4 Å². The fourth-order valence-electron chi connectivity index (χ4n) is 2.63. The van der Waals surface area contributed by atoms with E-state index >= 15 is 0 Å². The van der Waals surface area contributed by atoms with Crippen LogP contribution in [-0.2, 0) is 5.54 Å². The zero-order chi connectivity index (χ0) is 18.1. The van der Waals surface area contributed by atoms with Crippen LogP contribution in [0, 0.1) is 5.41 Å². The summed E-state index contributed by atoms with van der Waals surface area (Å²) in [7, 11) is 0. The number of hydrogen-bond acceptors (Lipinski definition) is 4. The highest BCUT2D eigenvalue weighted by Gasteiger charge is 2.28. The van der Waals surface area contributed by atoms with Gasteiger partial charge in [0.25, 0.3) is 5.91 Å². The molecule has 1 fully saturated rings. The molecule has 1 N–H and O–H groups in total. The van der Waals surface area contributed by atoms with Crippen molar-refractivity contribution in [2.45, 2.75) is 53.2 Å². The topological polar surface area (TPSA) is 61.6 Å². The number of aliphatic hydroxyl groups is 1. The number of hydrogen-bond donors (Lipinski definition) is 1. The normalized spacial score (nSPS) is 18.7. The number of aliphatic hydroxyl groups excluding tert-OH is 1. The number of nitrogens with zero attached hydrogens (tertiary/aromatic N) is 4. The molecule has 136 valence electrons. The first kappa shape index (κ1) is 18.9. The van der Waals surface area contributed by atoms with Crippen LogP contribution in [0.25, 0.3) is 0 Å². The molecule has 1 aliphatic heterocycles. The number of piperazine rings is 1. The highest BCUT2D eigenvalue weighted by Crippen LogP contribution is 2.21. The largest absolute Gasteiger partial charge is 0.391 e. The molecule has 0 radical (unpaired) electrons. The Morgan fingerprint density at radius 3 is 2.21 bits per heavy atom. The number of amides is 1. The van der Waals surface area contributed by atoms with Crippen molar-refractivity contribution in [2.24, 2.45) is 5.41 Å². The summed E-state index contributed by atoms with van der Waals surface area (Å²) in [6, 6.07) is 0. The first-order chi connectivity index (χ1) is 11.0. The summed E-state index contributed by atoms with van der Waals surface area (Å²) < 4.78 is 1.83. The lowest BCUT2D eigenvalue weighted by molar-refractivity contribution is 0.0137. The Labute approximate surface area is 145 Å². The summed E-state index contributed by atoms with van der Waals surface area (Å²) in [4.78, 5) is 16.7. The van der Waals surface area contributed by atoms with Crippen LogP contribution < -0.4 is 0 Å². The minimum absolute atomic E-state index is 0.0431. The molecule has 6 nitrogen and oxygen atoms in total. The van der Waals surface area contributed by atoms with Gasteiger partial charge >= 0.3 is 0 Å². The van der Waals surface area contributed by atoms with Gasteiger partial charge in [-0.1, -0.05) is 20.8 Å². The van der Waals surface area contributed by atoms with Crippen molar-refractivity contribution in [1.29, 1.82) is 0 Å². The fraction of sp³-hybridized carbons (Fsp3) is 0.778. The van der Waals surface area contributed by atoms with Crippen molar-refractivity contribution in [2.75, 3.05) is 32.7 Å². The van der Waals surface area contributed by atoms with E-state index in [0.29, 0.717) is 25.2 Å². The van der Waals surface area contributed by atoms with E-state index in [1.807, 2.05) is 36.5 Å². The molecule has 1 unspecified atom stereocenters. The number of carbonyl (C=O) groups excluding carboxylic acids is 1. The Morgan fingerprint density at radius 1 is 1.17 bits per heavy atom. The molecule has 1 saturated heterocycles. The molecule has 0 spiro atoms. The zero-order valence-electron chi connectivity index (χ0n) is 15.9. The molecular formula is C18H32N4O2. The Morgan fingerprint density at radius 2 is 1.75 bits per heavy atom. The van der Waals surface area contributed by atoms with Gasteiger partial charge in [-0.25, -0.2) is 0 Å². The van der Waals surface area contributed by atoms with E-state index < -0.39 is 0 Å². The molecule has 0 aromatic carbocycles. The maximum Gasteiger partial charge on any atom is 0.257 e. The van der Waals surface area contributed by atoms with Gasteiger partial charge in [-0.2, -0.15) is 5.10 Å². The third kappa shape index (κ3) is 4.57. The Hall–Kier alpha value is -1.40. The van der Waals surface area contributed by atoms with Gasteiger partial charge in [0.05, 0.1) is 23.4 Å². The van der Waals surface area contributed by atoms with Gasteiger partial charge < -0.3 is 10.0 Å². The van der Waals surface area contributed by atoms with Crippen molar-refractivity contribution in [3.63, 3.8) is 0 Å². The SMILES string of the molecule is CC(C)(C)C(O)CN1CCN(C(=O)c2cnn(C(C)(C)C)c2)CC1. The van der Waals surface area contributed by atoms with E-state index in [-0.39, 0.29) is 23.0 Å². The van der Waals surface area contributed by atoms with Crippen molar-refractivity contribution in [1.82, 2.24) is 19.6 Å². The molecule has 1 aliphatic rings. The van der Waals surface area contributed by atoms with E-state index in [1.54, 1.807) is 6.20 Å². The number of aromatic nitrogens is 2. The van der Waals surface area contributed by atoms with Gasteiger partial charge in [0, 0.05) is 38.9 Å². The van der Waals surface area contributed by atoms with E-state index in [2.05, 4.69) is 30.8 Å².